The van der Waals surface area contributed by atoms with Gasteiger partial charge in [0.25, 0.3) is 0 Å². The van der Waals surface area contributed by atoms with Gasteiger partial charge < -0.3 is 15.4 Å². The van der Waals surface area contributed by atoms with E-state index in [2.05, 4.69) is 10.6 Å². The van der Waals surface area contributed by atoms with Crippen molar-refractivity contribution < 1.29 is 22.7 Å². The van der Waals surface area contributed by atoms with Crippen LogP contribution in [-0.2, 0) is 10.9 Å². The molecule has 1 aliphatic carbocycles. The number of amides is 1. The number of hydrogen-bond donors (Lipinski definition) is 2. The lowest BCUT2D eigenvalue weighted by molar-refractivity contribution is -0.137. The van der Waals surface area contributed by atoms with Crippen molar-refractivity contribution in [2.45, 2.75) is 69.8 Å². The molecule has 0 saturated heterocycles. The molecule has 0 radical (unpaired) electrons. The number of carbonyl (C=O) groups is 1. The fourth-order valence-electron chi connectivity index (χ4n) is 3.39. The number of alkyl halides is 3. The second-order valence-electron chi connectivity index (χ2n) is 7.78. The van der Waals surface area contributed by atoms with E-state index >= 15 is 0 Å². The number of likely N-dealkylation sites (N-methyl/N-ethyl adjacent to an activating group) is 1. The highest BCUT2D eigenvalue weighted by Crippen LogP contribution is 2.36. The minimum Gasteiger partial charge on any atom is -0.444 e. The third-order valence-electron chi connectivity index (χ3n) is 4.61. The summed E-state index contributed by atoms with van der Waals surface area (Å²) in [6.45, 7) is 5.39. The van der Waals surface area contributed by atoms with Gasteiger partial charge >= 0.3 is 12.3 Å². The third-order valence-corrected chi connectivity index (χ3v) is 4.61. The summed E-state index contributed by atoms with van der Waals surface area (Å²) in [7, 11) is 1.79. The van der Waals surface area contributed by atoms with E-state index < -0.39 is 23.4 Å². The first-order chi connectivity index (χ1) is 12.0. The van der Waals surface area contributed by atoms with Gasteiger partial charge in [-0.3, -0.25) is 0 Å². The van der Waals surface area contributed by atoms with Crippen molar-refractivity contribution in [1.82, 2.24) is 10.6 Å². The number of nitrogens with one attached hydrogen (secondary N) is 2. The fraction of sp³-hybridized carbons (Fsp3) is 0.632. The van der Waals surface area contributed by atoms with E-state index in [4.69, 9.17) is 4.74 Å². The molecule has 2 N–H and O–H groups in total. The van der Waals surface area contributed by atoms with Gasteiger partial charge in [0.1, 0.15) is 5.60 Å². The molecule has 1 saturated carbocycles. The second kappa shape index (κ2) is 7.86. The molecular formula is C19H27F3N2O2. The van der Waals surface area contributed by atoms with Crippen molar-refractivity contribution in [2.24, 2.45) is 0 Å². The zero-order valence-electron chi connectivity index (χ0n) is 15.6. The zero-order valence-corrected chi connectivity index (χ0v) is 15.6. The van der Waals surface area contributed by atoms with Crippen LogP contribution in [0.1, 0.15) is 57.1 Å². The summed E-state index contributed by atoms with van der Waals surface area (Å²) in [5.74, 6) is 0.0198. The Bertz CT molecular complexity index is 626. The van der Waals surface area contributed by atoms with Crippen LogP contribution in [-0.4, -0.2) is 30.8 Å². The number of rotatable bonds is 3. The molecule has 0 heterocycles. The molecule has 0 bridgehead atoms. The van der Waals surface area contributed by atoms with Gasteiger partial charge in [0.05, 0.1) is 5.56 Å². The Balaban J connectivity index is 2.04. The number of ether oxygens (including phenoxy) is 1. The number of hydrogen-bond acceptors (Lipinski definition) is 3. The van der Waals surface area contributed by atoms with Gasteiger partial charge in [-0.25, -0.2) is 4.79 Å². The zero-order chi connectivity index (χ0) is 19.5. The maximum atomic E-state index is 12.9. The molecule has 1 aromatic carbocycles. The highest BCUT2D eigenvalue weighted by atomic mass is 19.4. The first kappa shape index (κ1) is 20.6. The molecule has 7 heteroatoms. The molecule has 3 atom stereocenters. The van der Waals surface area contributed by atoms with Gasteiger partial charge in [-0.1, -0.05) is 18.2 Å². The lowest BCUT2D eigenvalue weighted by Crippen LogP contribution is -2.52. The molecule has 1 aromatic rings. The lowest BCUT2D eigenvalue weighted by Gasteiger charge is -2.37. The number of carbonyl (C=O) groups excluding carboxylic acids is 1. The van der Waals surface area contributed by atoms with E-state index in [1.807, 2.05) is 0 Å². The van der Waals surface area contributed by atoms with Crippen LogP contribution in [0.15, 0.2) is 24.3 Å². The van der Waals surface area contributed by atoms with E-state index in [1.165, 1.54) is 12.1 Å². The average Bonchev–Trinajstić information content (AvgIpc) is 2.52. The van der Waals surface area contributed by atoms with Gasteiger partial charge in [-0.05, 0) is 64.6 Å². The molecule has 0 spiro atoms. The summed E-state index contributed by atoms with van der Waals surface area (Å²) in [6, 6.07) is 5.38. The van der Waals surface area contributed by atoms with Crippen molar-refractivity contribution >= 4 is 6.09 Å². The summed E-state index contributed by atoms with van der Waals surface area (Å²) < 4.78 is 44.1. The number of benzene rings is 1. The molecule has 146 valence electrons. The van der Waals surface area contributed by atoms with Crippen LogP contribution in [0.4, 0.5) is 18.0 Å². The fourth-order valence-corrected chi connectivity index (χ4v) is 3.39. The Hall–Kier alpha value is -1.76. The molecular weight excluding hydrogens is 345 g/mol. The normalized spacial score (nSPS) is 24.2. The summed E-state index contributed by atoms with van der Waals surface area (Å²) in [4.78, 5) is 12.0. The number of halogens is 3. The Labute approximate surface area is 152 Å². The van der Waals surface area contributed by atoms with E-state index in [9.17, 15) is 18.0 Å². The van der Waals surface area contributed by atoms with Crippen LogP contribution < -0.4 is 10.6 Å². The highest BCUT2D eigenvalue weighted by molar-refractivity contribution is 5.68. The largest absolute Gasteiger partial charge is 0.444 e. The standard InChI is InChI=1S/C19H27F3N2O2/c1-18(2,3)26-17(25)24-15-9-8-13(11-16(15)23-4)12-6-5-7-14(10-12)19(20,21)22/h5-7,10,13,15-16,23H,8-9,11H2,1-4H3,(H,24,25)/t13-,15-,16-/m0/s1. The summed E-state index contributed by atoms with van der Waals surface area (Å²) >= 11 is 0. The van der Waals surface area contributed by atoms with E-state index in [0.29, 0.717) is 24.8 Å². The molecule has 1 amide bonds. The lowest BCUT2D eigenvalue weighted by atomic mass is 9.78. The molecule has 2 rings (SSSR count). The molecule has 26 heavy (non-hydrogen) atoms. The molecule has 0 unspecified atom stereocenters. The summed E-state index contributed by atoms with van der Waals surface area (Å²) in [5, 5.41) is 6.05. The van der Waals surface area contributed by atoms with Crippen LogP contribution >= 0.6 is 0 Å². The third kappa shape index (κ3) is 5.62. The minimum absolute atomic E-state index is 0.0198. The Morgan fingerprint density at radius 2 is 1.85 bits per heavy atom. The SMILES string of the molecule is CN[C@H]1C[C@@H](c2cccc(C(F)(F)F)c2)CC[C@@H]1NC(=O)OC(C)(C)C. The predicted molar refractivity (Wildman–Crippen MR) is 94.0 cm³/mol. The van der Waals surface area contributed by atoms with Crippen LogP contribution in [0.25, 0.3) is 0 Å². The molecule has 0 aromatic heterocycles. The first-order valence-electron chi connectivity index (χ1n) is 8.83. The smallest absolute Gasteiger partial charge is 0.416 e. The van der Waals surface area contributed by atoms with Crippen molar-refractivity contribution in [3.05, 3.63) is 35.4 Å². The Morgan fingerprint density at radius 1 is 1.15 bits per heavy atom. The van der Waals surface area contributed by atoms with Gasteiger partial charge in [-0.15, -0.1) is 0 Å². The van der Waals surface area contributed by atoms with Crippen LogP contribution in [0.2, 0.25) is 0 Å². The summed E-state index contributed by atoms with van der Waals surface area (Å²) in [6.07, 6.45) is -2.78. The molecule has 1 fully saturated rings. The predicted octanol–water partition coefficient (Wildman–Crippen LogP) is 4.45. The van der Waals surface area contributed by atoms with Gasteiger partial charge in [0, 0.05) is 12.1 Å². The Morgan fingerprint density at radius 3 is 2.42 bits per heavy atom. The van der Waals surface area contributed by atoms with E-state index in [1.54, 1.807) is 33.9 Å². The average molecular weight is 372 g/mol. The maximum Gasteiger partial charge on any atom is 0.416 e. The van der Waals surface area contributed by atoms with Gasteiger partial charge in [0.2, 0.25) is 0 Å². The quantitative estimate of drug-likeness (QED) is 0.824. The minimum atomic E-state index is -4.34. The van der Waals surface area contributed by atoms with Crippen molar-refractivity contribution in [1.29, 1.82) is 0 Å². The first-order valence-corrected chi connectivity index (χ1v) is 8.83. The van der Waals surface area contributed by atoms with Crippen molar-refractivity contribution in [3.8, 4) is 0 Å². The number of alkyl carbamates (subject to hydrolysis) is 1. The molecule has 4 nitrogen and oxygen atoms in total. The highest BCUT2D eigenvalue weighted by Gasteiger charge is 2.34. The van der Waals surface area contributed by atoms with Gasteiger partial charge in [0.15, 0.2) is 0 Å². The van der Waals surface area contributed by atoms with Crippen molar-refractivity contribution in [3.63, 3.8) is 0 Å². The van der Waals surface area contributed by atoms with E-state index in [-0.39, 0.29) is 18.0 Å². The monoisotopic (exact) mass is 372 g/mol. The summed E-state index contributed by atoms with van der Waals surface area (Å²) in [5.41, 5.74) is -0.505. The van der Waals surface area contributed by atoms with Crippen LogP contribution in [0.5, 0.6) is 0 Å². The van der Waals surface area contributed by atoms with Crippen molar-refractivity contribution in [2.75, 3.05) is 7.05 Å². The molecule has 1 aliphatic rings. The van der Waals surface area contributed by atoms with Gasteiger partial charge in [-0.2, -0.15) is 13.2 Å². The topological polar surface area (TPSA) is 50.4 Å². The van der Waals surface area contributed by atoms with Crippen LogP contribution in [0, 0.1) is 0 Å². The van der Waals surface area contributed by atoms with E-state index in [0.717, 1.165) is 6.07 Å². The second-order valence-corrected chi connectivity index (χ2v) is 7.78. The maximum absolute atomic E-state index is 12.9. The Kier molecular flexibility index (Phi) is 6.21. The van der Waals surface area contributed by atoms with Crippen LogP contribution in [0.3, 0.4) is 0 Å². The molecule has 0 aliphatic heterocycles.